The van der Waals surface area contributed by atoms with Gasteiger partial charge in [0.1, 0.15) is 11.6 Å². The molecule has 1 nitrogen and oxygen atoms in total. The van der Waals surface area contributed by atoms with Crippen LogP contribution in [0.4, 0.5) is 8.78 Å². The van der Waals surface area contributed by atoms with Gasteiger partial charge in [-0.3, -0.25) is 0 Å². The van der Waals surface area contributed by atoms with Gasteiger partial charge in [-0.1, -0.05) is 41.9 Å². The quantitative estimate of drug-likeness (QED) is 0.799. The molecule has 20 heavy (non-hydrogen) atoms. The van der Waals surface area contributed by atoms with Gasteiger partial charge in [0.05, 0.1) is 5.02 Å². The molecule has 2 aromatic carbocycles. The molecule has 106 valence electrons. The number of aryl methyl sites for hydroxylation is 1. The van der Waals surface area contributed by atoms with E-state index in [-0.39, 0.29) is 10.6 Å². The van der Waals surface area contributed by atoms with Crippen LogP contribution in [0.1, 0.15) is 30.0 Å². The second-order valence-corrected chi connectivity index (χ2v) is 5.18. The van der Waals surface area contributed by atoms with E-state index in [0.717, 1.165) is 25.0 Å². The highest BCUT2D eigenvalue weighted by Crippen LogP contribution is 2.25. The van der Waals surface area contributed by atoms with E-state index in [4.69, 9.17) is 17.3 Å². The molecule has 0 aliphatic heterocycles. The van der Waals surface area contributed by atoms with Crippen LogP contribution in [0.5, 0.6) is 0 Å². The molecule has 0 bridgehead atoms. The minimum Gasteiger partial charge on any atom is -0.324 e. The molecule has 1 atom stereocenters. The van der Waals surface area contributed by atoms with E-state index in [2.05, 4.69) is 0 Å². The first kappa shape index (κ1) is 14.9. The van der Waals surface area contributed by atoms with Crippen molar-refractivity contribution >= 4 is 11.6 Å². The highest BCUT2D eigenvalue weighted by molar-refractivity contribution is 6.30. The third kappa shape index (κ3) is 3.78. The SMILES string of the molecule is NC(CCCc1ccccc1)c1cc(F)c(Cl)cc1F. The molecular weight excluding hydrogens is 280 g/mol. The minimum absolute atomic E-state index is 0.181. The smallest absolute Gasteiger partial charge is 0.142 e. The zero-order valence-electron chi connectivity index (χ0n) is 11.0. The minimum atomic E-state index is -0.637. The summed E-state index contributed by atoms with van der Waals surface area (Å²) in [5.41, 5.74) is 7.32. The third-order valence-electron chi connectivity index (χ3n) is 3.26. The Hall–Kier alpha value is -1.45. The van der Waals surface area contributed by atoms with Crippen LogP contribution >= 0.6 is 11.6 Å². The second-order valence-electron chi connectivity index (χ2n) is 4.77. The summed E-state index contributed by atoms with van der Waals surface area (Å²) in [4.78, 5) is 0. The Morgan fingerprint density at radius 2 is 1.75 bits per heavy atom. The first-order valence-corrected chi connectivity index (χ1v) is 6.89. The molecule has 0 aliphatic rings. The van der Waals surface area contributed by atoms with Gasteiger partial charge >= 0.3 is 0 Å². The lowest BCUT2D eigenvalue weighted by Crippen LogP contribution is -2.13. The topological polar surface area (TPSA) is 26.0 Å². The molecule has 0 saturated carbocycles. The Morgan fingerprint density at radius 1 is 1.05 bits per heavy atom. The van der Waals surface area contributed by atoms with Gasteiger partial charge in [0.25, 0.3) is 0 Å². The highest BCUT2D eigenvalue weighted by Gasteiger charge is 2.14. The van der Waals surface area contributed by atoms with Crippen molar-refractivity contribution in [1.29, 1.82) is 0 Å². The van der Waals surface area contributed by atoms with Gasteiger partial charge in [0.2, 0.25) is 0 Å². The van der Waals surface area contributed by atoms with E-state index < -0.39 is 17.7 Å². The summed E-state index contributed by atoms with van der Waals surface area (Å²) in [5, 5.41) is -0.220. The van der Waals surface area contributed by atoms with Crippen LogP contribution in [0, 0.1) is 11.6 Å². The lowest BCUT2D eigenvalue weighted by atomic mass is 9.99. The third-order valence-corrected chi connectivity index (χ3v) is 3.55. The summed E-state index contributed by atoms with van der Waals surface area (Å²) >= 11 is 5.52. The zero-order chi connectivity index (χ0) is 14.5. The number of nitrogens with two attached hydrogens (primary N) is 1. The number of benzene rings is 2. The normalized spacial score (nSPS) is 12.4. The Bertz CT molecular complexity index is 572. The summed E-state index contributed by atoms with van der Waals surface area (Å²) < 4.78 is 27.1. The average Bonchev–Trinajstić information content (AvgIpc) is 2.44. The molecule has 0 heterocycles. The van der Waals surface area contributed by atoms with Gasteiger partial charge in [-0.05, 0) is 37.0 Å². The number of hydrogen-bond acceptors (Lipinski definition) is 1. The van der Waals surface area contributed by atoms with Crippen LogP contribution in [-0.4, -0.2) is 0 Å². The fraction of sp³-hybridized carbons (Fsp3) is 0.250. The molecule has 0 amide bonds. The molecule has 2 N–H and O–H groups in total. The summed E-state index contributed by atoms with van der Waals surface area (Å²) in [5.74, 6) is -1.19. The van der Waals surface area contributed by atoms with Gasteiger partial charge in [-0.15, -0.1) is 0 Å². The predicted molar refractivity (Wildman–Crippen MR) is 77.7 cm³/mol. The van der Waals surface area contributed by atoms with Crippen LogP contribution in [0.2, 0.25) is 5.02 Å². The largest absolute Gasteiger partial charge is 0.324 e. The van der Waals surface area contributed by atoms with E-state index in [1.807, 2.05) is 30.3 Å². The molecule has 2 aromatic rings. The number of halogens is 3. The van der Waals surface area contributed by atoms with Crippen LogP contribution in [0.25, 0.3) is 0 Å². The Labute approximate surface area is 122 Å². The number of rotatable bonds is 5. The van der Waals surface area contributed by atoms with E-state index in [1.54, 1.807) is 0 Å². The summed E-state index contributed by atoms with van der Waals surface area (Å²) in [6.45, 7) is 0. The van der Waals surface area contributed by atoms with Gasteiger partial charge < -0.3 is 5.73 Å². The Kier molecular flexibility index (Phi) is 5.10. The molecule has 0 saturated heterocycles. The van der Waals surface area contributed by atoms with E-state index in [0.29, 0.717) is 6.42 Å². The molecule has 1 unspecified atom stereocenters. The fourth-order valence-electron chi connectivity index (χ4n) is 2.15. The molecule has 0 fully saturated rings. The lowest BCUT2D eigenvalue weighted by Gasteiger charge is -2.13. The van der Waals surface area contributed by atoms with Crippen molar-refractivity contribution in [2.45, 2.75) is 25.3 Å². The Morgan fingerprint density at radius 3 is 2.45 bits per heavy atom. The molecule has 0 radical (unpaired) electrons. The molecule has 0 spiro atoms. The lowest BCUT2D eigenvalue weighted by molar-refractivity contribution is 0.538. The van der Waals surface area contributed by atoms with E-state index in [9.17, 15) is 8.78 Å². The maximum Gasteiger partial charge on any atom is 0.142 e. The first-order valence-electron chi connectivity index (χ1n) is 6.52. The van der Waals surface area contributed by atoms with Gasteiger partial charge in [0, 0.05) is 11.6 Å². The van der Waals surface area contributed by atoms with Crippen molar-refractivity contribution < 1.29 is 8.78 Å². The second kappa shape index (κ2) is 6.82. The van der Waals surface area contributed by atoms with Crippen molar-refractivity contribution in [2.75, 3.05) is 0 Å². The van der Waals surface area contributed by atoms with Crippen LogP contribution in [-0.2, 0) is 6.42 Å². The predicted octanol–water partition coefficient (Wildman–Crippen LogP) is 4.64. The van der Waals surface area contributed by atoms with Crippen molar-refractivity contribution in [3.63, 3.8) is 0 Å². The standard InChI is InChI=1S/C16H16ClF2N/c17-13-10-14(18)12(9-15(13)19)16(20)8-4-7-11-5-2-1-3-6-11/h1-3,5-6,9-10,16H,4,7-8,20H2. The molecule has 0 aromatic heterocycles. The summed E-state index contributed by atoms with van der Waals surface area (Å²) in [6, 6.07) is 11.5. The summed E-state index contributed by atoms with van der Waals surface area (Å²) in [6.07, 6.45) is 2.27. The van der Waals surface area contributed by atoms with Crippen LogP contribution in [0.15, 0.2) is 42.5 Å². The van der Waals surface area contributed by atoms with Gasteiger partial charge in [-0.2, -0.15) is 0 Å². The highest BCUT2D eigenvalue weighted by atomic mass is 35.5. The maximum atomic E-state index is 13.7. The van der Waals surface area contributed by atoms with Gasteiger partial charge in [0.15, 0.2) is 0 Å². The fourth-order valence-corrected chi connectivity index (χ4v) is 2.30. The van der Waals surface area contributed by atoms with Crippen molar-refractivity contribution in [2.24, 2.45) is 5.73 Å². The van der Waals surface area contributed by atoms with Crippen LogP contribution in [0.3, 0.4) is 0 Å². The number of hydrogen-bond donors (Lipinski definition) is 1. The van der Waals surface area contributed by atoms with Gasteiger partial charge in [-0.25, -0.2) is 8.78 Å². The van der Waals surface area contributed by atoms with E-state index in [1.165, 1.54) is 5.56 Å². The summed E-state index contributed by atoms with van der Waals surface area (Å²) in [7, 11) is 0. The first-order chi connectivity index (χ1) is 9.58. The van der Waals surface area contributed by atoms with E-state index >= 15 is 0 Å². The average molecular weight is 296 g/mol. The van der Waals surface area contributed by atoms with Crippen molar-refractivity contribution in [1.82, 2.24) is 0 Å². The zero-order valence-corrected chi connectivity index (χ0v) is 11.7. The molecular formula is C16H16ClF2N. The monoisotopic (exact) mass is 295 g/mol. The van der Waals surface area contributed by atoms with Crippen molar-refractivity contribution in [3.8, 4) is 0 Å². The Balaban J connectivity index is 1.95. The van der Waals surface area contributed by atoms with Crippen LogP contribution < -0.4 is 5.73 Å². The van der Waals surface area contributed by atoms with Crippen molar-refractivity contribution in [3.05, 3.63) is 70.2 Å². The maximum absolute atomic E-state index is 13.7. The molecule has 0 aliphatic carbocycles. The molecule has 4 heteroatoms. The molecule has 2 rings (SSSR count).